The van der Waals surface area contributed by atoms with Crippen molar-refractivity contribution in [1.82, 2.24) is 0 Å². The molecule has 1 aliphatic carbocycles. The molecule has 0 aliphatic heterocycles. The highest BCUT2D eigenvalue weighted by Gasteiger charge is 2.51. The molecule has 0 radical (unpaired) electrons. The van der Waals surface area contributed by atoms with Crippen molar-refractivity contribution in [3.8, 4) is 0 Å². The minimum atomic E-state index is -5.70. The number of hydrogen-bond donors (Lipinski definition) is 0. The van der Waals surface area contributed by atoms with Gasteiger partial charge in [-0.05, 0) is 13.3 Å². The average Bonchev–Trinajstić information content (AvgIpc) is 2.33. The number of allylic oxidation sites excluding steroid dienone is 1. The molecule has 0 amide bonds. The maximum absolute atomic E-state index is 13.8. The van der Waals surface area contributed by atoms with E-state index in [4.69, 9.17) is 4.74 Å². The molecule has 0 N–H and O–H groups in total. The Morgan fingerprint density at radius 1 is 1.45 bits per heavy atom. The van der Waals surface area contributed by atoms with Crippen molar-refractivity contribution in [3.63, 3.8) is 0 Å². The third kappa shape index (κ3) is 2.79. The summed E-state index contributed by atoms with van der Waals surface area (Å²) < 4.78 is 91.4. The van der Waals surface area contributed by atoms with Crippen LogP contribution in [0.25, 0.3) is 0 Å². The van der Waals surface area contributed by atoms with Crippen LogP contribution in [0.3, 0.4) is 0 Å². The molecule has 0 aromatic carbocycles. The van der Waals surface area contributed by atoms with Gasteiger partial charge in [-0.1, -0.05) is 6.08 Å². The third-order valence-corrected chi connectivity index (χ3v) is 3.60. The largest absolute Gasteiger partial charge is 0.744 e. The van der Waals surface area contributed by atoms with Crippen LogP contribution in [0.1, 0.15) is 13.3 Å². The van der Waals surface area contributed by atoms with Gasteiger partial charge in [-0.3, -0.25) is 0 Å². The molecular formula is C11H11F4O4S-. The summed E-state index contributed by atoms with van der Waals surface area (Å²) in [5, 5.41) is 0. The minimum Gasteiger partial charge on any atom is -0.744 e. The first-order valence-corrected chi connectivity index (χ1v) is 6.78. The van der Waals surface area contributed by atoms with Crippen molar-refractivity contribution in [1.29, 1.82) is 0 Å². The van der Waals surface area contributed by atoms with Gasteiger partial charge in [0.15, 0.2) is 29.3 Å². The predicted molar refractivity (Wildman–Crippen MR) is 61.1 cm³/mol. The normalized spacial score (nSPS) is 28.0. The lowest BCUT2D eigenvalue weighted by atomic mass is 9.92. The van der Waals surface area contributed by atoms with Gasteiger partial charge in [0, 0.05) is 0 Å². The van der Waals surface area contributed by atoms with E-state index in [9.17, 15) is 30.5 Å². The Morgan fingerprint density at radius 2 is 2.00 bits per heavy atom. The third-order valence-electron chi connectivity index (χ3n) is 2.72. The van der Waals surface area contributed by atoms with Crippen LogP contribution < -0.4 is 0 Å². The molecule has 0 aromatic heterocycles. The molecule has 20 heavy (non-hydrogen) atoms. The zero-order valence-electron chi connectivity index (χ0n) is 10.3. The summed E-state index contributed by atoms with van der Waals surface area (Å²) in [6, 6.07) is 0. The Kier molecular flexibility index (Phi) is 4.78. The van der Waals surface area contributed by atoms with Crippen LogP contribution in [0.4, 0.5) is 17.6 Å². The second kappa shape index (κ2) is 5.66. The lowest BCUT2D eigenvalue weighted by Gasteiger charge is -2.35. The van der Waals surface area contributed by atoms with E-state index in [0.29, 0.717) is 6.92 Å². The van der Waals surface area contributed by atoms with Gasteiger partial charge >= 0.3 is 0 Å². The fourth-order valence-corrected chi connectivity index (χ4v) is 2.26. The Morgan fingerprint density at radius 3 is 2.45 bits per heavy atom. The van der Waals surface area contributed by atoms with Crippen LogP contribution in [-0.4, -0.2) is 31.4 Å². The molecule has 0 fully saturated rings. The summed E-state index contributed by atoms with van der Waals surface area (Å²) >= 11 is 0. The molecule has 4 nitrogen and oxygen atoms in total. The Bertz CT molecular complexity index is 581. The van der Waals surface area contributed by atoms with Crippen LogP contribution in [0.5, 0.6) is 0 Å². The Hall–Kier alpha value is -1.19. The SMILES string of the molecule is C=CCCOC1(C)C(F)=C(F)C(S(=O)(=O)[O-])=C(F)C1F. The molecule has 0 saturated carbocycles. The monoisotopic (exact) mass is 315 g/mol. The van der Waals surface area contributed by atoms with E-state index in [-0.39, 0.29) is 13.0 Å². The zero-order valence-corrected chi connectivity index (χ0v) is 11.1. The van der Waals surface area contributed by atoms with Gasteiger partial charge in [-0.2, -0.15) is 0 Å². The number of rotatable bonds is 5. The fourth-order valence-electron chi connectivity index (χ4n) is 1.61. The molecule has 114 valence electrons. The quantitative estimate of drug-likeness (QED) is 0.338. The first kappa shape index (κ1) is 16.9. The molecule has 0 bridgehead atoms. The van der Waals surface area contributed by atoms with Crippen molar-refractivity contribution >= 4 is 10.1 Å². The summed E-state index contributed by atoms with van der Waals surface area (Å²) in [7, 11) is -5.70. The molecule has 0 saturated heterocycles. The number of hydrogen-bond acceptors (Lipinski definition) is 4. The van der Waals surface area contributed by atoms with Crippen LogP contribution in [0.15, 0.2) is 35.0 Å². The number of halogens is 4. The highest BCUT2D eigenvalue weighted by molar-refractivity contribution is 7.90. The van der Waals surface area contributed by atoms with Gasteiger partial charge in [0.05, 0.1) is 6.61 Å². The standard InChI is InChI=1S/C11H12F4O4S/c1-3-4-5-19-11(2)9(14)6(12)8(20(16,17)18)7(13)10(11)15/h3,9H,1,4-5H2,2H3,(H,16,17,18)/p-1. The summed E-state index contributed by atoms with van der Waals surface area (Å²) in [6.45, 7) is 3.73. The summed E-state index contributed by atoms with van der Waals surface area (Å²) in [5.41, 5.74) is -2.68. The van der Waals surface area contributed by atoms with E-state index in [1.807, 2.05) is 0 Å². The van der Waals surface area contributed by atoms with Crippen LogP contribution in [0.2, 0.25) is 0 Å². The molecule has 0 spiro atoms. The van der Waals surface area contributed by atoms with Gasteiger partial charge in [0.2, 0.25) is 0 Å². The first-order chi connectivity index (χ1) is 9.07. The molecule has 9 heteroatoms. The van der Waals surface area contributed by atoms with Gasteiger partial charge in [0.1, 0.15) is 15.0 Å². The Balaban J connectivity index is 3.33. The molecule has 2 atom stereocenters. The smallest absolute Gasteiger partial charge is 0.188 e. The van der Waals surface area contributed by atoms with Crippen LogP contribution in [0, 0.1) is 0 Å². The van der Waals surface area contributed by atoms with Crippen molar-refractivity contribution in [2.75, 3.05) is 6.61 Å². The second-order valence-corrected chi connectivity index (χ2v) is 5.47. The van der Waals surface area contributed by atoms with Crippen LogP contribution in [-0.2, 0) is 14.9 Å². The molecule has 0 heterocycles. The minimum absolute atomic E-state index is 0.148. The molecule has 1 rings (SSSR count). The first-order valence-electron chi connectivity index (χ1n) is 5.38. The maximum Gasteiger partial charge on any atom is 0.188 e. The topological polar surface area (TPSA) is 66.4 Å². The van der Waals surface area contributed by atoms with Crippen molar-refractivity contribution < 1.29 is 35.3 Å². The van der Waals surface area contributed by atoms with Gasteiger partial charge < -0.3 is 9.29 Å². The lowest BCUT2D eigenvalue weighted by Crippen LogP contribution is -2.44. The number of ether oxygens (including phenoxy) is 1. The van der Waals surface area contributed by atoms with E-state index in [0.717, 1.165) is 0 Å². The second-order valence-electron chi connectivity index (χ2n) is 4.15. The van der Waals surface area contributed by atoms with Crippen LogP contribution >= 0.6 is 0 Å². The van der Waals surface area contributed by atoms with E-state index in [2.05, 4.69) is 6.58 Å². The van der Waals surface area contributed by atoms with Gasteiger partial charge in [0.25, 0.3) is 0 Å². The molecular weight excluding hydrogens is 304 g/mol. The summed E-state index contributed by atoms with van der Waals surface area (Å²) in [5.74, 6) is -6.46. The Labute approximate surface area is 113 Å². The van der Waals surface area contributed by atoms with E-state index in [1.54, 1.807) is 0 Å². The van der Waals surface area contributed by atoms with Gasteiger partial charge in [-0.25, -0.2) is 26.0 Å². The maximum atomic E-state index is 13.8. The highest BCUT2D eigenvalue weighted by Crippen LogP contribution is 2.44. The van der Waals surface area contributed by atoms with E-state index < -0.39 is 44.3 Å². The fraction of sp³-hybridized carbons (Fsp3) is 0.455. The lowest BCUT2D eigenvalue weighted by molar-refractivity contribution is -0.0677. The van der Waals surface area contributed by atoms with E-state index >= 15 is 0 Å². The van der Waals surface area contributed by atoms with Gasteiger partial charge in [-0.15, -0.1) is 6.58 Å². The zero-order chi connectivity index (χ0) is 15.7. The number of alkyl halides is 1. The summed E-state index contributed by atoms with van der Waals surface area (Å²) in [4.78, 5) is -2.16. The summed E-state index contributed by atoms with van der Waals surface area (Å²) in [6.07, 6.45) is -1.46. The highest BCUT2D eigenvalue weighted by atomic mass is 32.2. The average molecular weight is 315 g/mol. The predicted octanol–water partition coefficient (Wildman–Crippen LogP) is 2.57. The van der Waals surface area contributed by atoms with Crippen molar-refractivity contribution in [2.45, 2.75) is 25.1 Å². The molecule has 2 unspecified atom stereocenters. The molecule has 0 aromatic rings. The molecule has 1 aliphatic rings. The van der Waals surface area contributed by atoms with E-state index in [1.165, 1.54) is 6.08 Å². The van der Waals surface area contributed by atoms with Crippen molar-refractivity contribution in [2.24, 2.45) is 0 Å². The van der Waals surface area contributed by atoms with Crippen molar-refractivity contribution in [3.05, 3.63) is 35.0 Å².